The van der Waals surface area contributed by atoms with E-state index in [9.17, 15) is 9.59 Å². The van der Waals surface area contributed by atoms with E-state index in [-0.39, 0.29) is 23.9 Å². The second-order valence-electron chi connectivity index (χ2n) is 6.08. The SMILES string of the molecule is C[C@H]1CN(C(=O)c2ccncc2)[C@@H](C)CN1C(=O)c1ccncc1. The molecule has 3 heterocycles. The van der Waals surface area contributed by atoms with Crippen LogP contribution in [0, 0.1) is 0 Å². The van der Waals surface area contributed by atoms with Crippen LogP contribution >= 0.6 is 0 Å². The Kier molecular flexibility index (Phi) is 4.55. The minimum atomic E-state index is -0.0485. The normalized spacial score (nSPS) is 20.8. The van der Waals surface area contributed by atoms with E-state index in [0.29, 0.717) is 24.2 Å². The molecular weight excluding hydrogens is 304 g/mol. The van der Waals surface area contributed by atoms with Crippen LogP contribution in [0.4, 0.5) is 0 Å². The Labute approximate surface area is 141 Å². The van der Waals surface area contributed by atoms with Gasteiger partial charge >= 0.3 is 0 Å². The zero-order valence-corrected chi connectivity index (χ0v) is 13.8. The number of carbonyl (C=O) groups excluding carboxylic acids is 2. The molecule has 1 aliphatic heterocycles. The number of hydrogen-bond acceptors (Lipinski definition) is 4. The number of hydrogen-bond donors (Lipinski definition) is 0. The molecule has 2 atom stereocenters. The van der Waals surface area contributed by atoms with Crippen molar-refractivity contribution in [1.82, 2.24) is 19.8 Å². The van der Waals surface area contributed by atoms with Crippen molar-refractivity contribution in [3.8, 4) is 0 Å². The third-order valence-electron chi connectivity index (χ3n) is 4.36. The predicted molar refractivity (Wildman–Crippen MR) is 89.5 cm³/mol. The topological polar surface area (TPSA) is 66.4 Å². The zero-order valence-electron chi connectivity index (χ0n) is 13.8. The van der Waals surface area contributed by atoms with E-state index in [2.05, 4.69) is 9.97 Å². The van der Waals surface area contributed by atoms with Crippen LogP contribution in [0.25, 0.3) is 0 Å². The van der Waals surface area contributed by atoms with Crippen LogP contribution in [0.5, 0.6) is 0 Å². The van der Waals surface area contributed by atoms with Crippen molar-refractivity contribution in [3.63, 3.8) is 0 Å². The van der Waals surface area contributed by atoms with Crippen LogP contribution in [0.15, 0.2) is 49.1 Å². The average molecular weight is 324 g/mol. The summed E-state index contributed by atoms with van der Waals surface area (Å²) in [5, 5.41) is 0. The van der Waals surface area contributed by atoms with Crippen LogP contribution in [0.1, 0.15) is 34.6 Å². The highest BCUT2D eigenvalue weighted by Gasteiger charge is 2.35. The lowest BCUT2D eigenvalue weighted by Gasteiger charge is -2.44. The Morgan fingerprint density at radius 3 is 1.46 bits per heavy atom. The molecule has 2 amide bonds. The van der Waals surface area contributed by atoms with Crippen molar-refractivity contribution >= 4 is 11.8 Å². The predicted octanol–water partition coefficient (Wildman–Crippen LogP) is 1.85. The molecule has 3 rings (SSSR count). The average Bonchev–Trinajstić information content (AvgIpc) is 2.63. The largest absolute Gasteiger partial charge is 0.332 e. The minimum absolute atomic E-state index is 0.0206. The summed E-state index contributed by atoms with van der Waals surface area (Å²) in [5.74, 6) is -0.0412. The molecule has 1 saturated heterocycles. The van der Waals surface area contributed by atoms with Crippen molar-refractivity contribution < 1.29 is 9.59 Å². The van der Waals surface area contributed by atoms with Gasteiger partial charge < -0.3 is 9.80 Å². The first-order chi connectivity index (χ1) is 11.6. The first kappa shape index (κ1) is 16.1. The number of piperazine rings is 1. The molecule has 0 bridgehead atoms. The summed E-state index contributed by atoms with van der Waals surface area (Å²) in [4.78, 5) is 36.9. The minimum Gasteiger partial charge on any atom is -0.332 e. The number of nitrogens with zero attached hydrogens (tertiary/aromatic N) is 4. The Bertz CT molecular complexity index is 657. The summed E-state index contributed by atoms with van der Waals surface area (Å²) in [7, 11) is 0. The number of pyridine rings is 2. The highest BCUT2D eigenvalue weighted by molar-refractivity contribution is 5.96. The summed E-state index contributed by atoms with van der Waals surface area (Å²) in [6, 6.07) is 6.77. The lowest BCUT2D eigenvalue weighted by Crippen LogP contribution is -2.59. The molecule has 0 saturated carbocycles. The number of rotatable bonds is 2. The van der Waals surface area contributed by atoms with Crippen molar-refractivity contribution in [2.24, 2.45) is 0 Å². The highest BCUT2D eigenvalue weighted by Crippen LogP contribution is 2.20. The molecule has 0 aliphatic carbocycles. The van der Waals surface area contributed by atoms with Gasteiger partial charge in [0.25, 0.3) is 11.8 Å². The highest BCUT2D eigenvalue weighted by atomic mass is 16.2. The van der Waals surface area contributed by atoms with Crippen LogP contribution < -0.4 is 0 Å². The molecule has 0 spiro atoms. The Morgan fingerprint density at radius 1 is 0.792 bits per heavy atom. The van der Waals surface area contributed by atoms with Crippen LogP contribution in [0.2, 0.25) is 0 Å². The van der Waals surface area contributed by atoms with E-state index >= 15 is 0 Å². The first-order valence-electron chi connectivity index (χ1n) is 8.00. The Hall–Kier alpha value is -2.76. The van der Waals surface area contributed by atoms with Crippen molar-refractivity contribution in [2.45, 2.75) is 25.9 Å². The molecular formula is C18H20N4O2. The van der Waals surface area contributed by atoms with Gasteiger partial charge in [0, 0.05) is 61.1 Å². The monoisotopic (exact) mass is 324 g/mol. The maximum Gasteiger partial charge on any atom is 0.254 e. The van der Waals surface area contributed by atoms with E-state index in [1.165, 1.54) is 0 Å². The molecule has 24 heavy (non-hydrogen) atoms. The lowest BCUT2D eigenvalue weighted by molar-refractivity contribution is 0.0270. The molecule has 1 aliphatic rings. The Balaban J connectivity index is 1.75. The van der Waals surface area contributed by atoms with Crippen LogP contribution in [0.3, 0.4) is 0 Å². The van der Waals surface area contributed by atoms with Crippen molar-refractivity contribution in [3.05, 3.63) is 60.2 Å². The molecule has 2 aromatic rings. The van der Waals surface area contributed by atoms with E-state index in [1.54, 1.807) is 49.1 Å². The molecule has 0 unspecified atom stereocenters. The maximum absolute atomic E-state index is 12.7. The van der Waals surface area contributed by atoms with Gasteiger partial charge in [0.1, 0.15) is 0 Å². The summed E-state index contributed by atoms with van der Waals surface area (Å²) in [6.07, 6.45) is 6.46. The van der Waals surface area contributed by atoms with Gasteiger partial charge in [-0.05, 0) is 38.1 Å². The van der Waals surface area contributed by atoms with Crippen LogP contribution in [-0.4, -0.2) is 56.8 Å². The number of amides is 2. The molecule has 0 aromatic carbocycles. The van der Waals surface area contributed by atoms with Crippen LogP contribution in [-0.2, 0) is 0 Å². The van der Waals surface area contributed by atoms with Gasteiger partial charge in [-0.3, -0.25) is 19.6 Å². The fourth-order valence-corrected chi connectivity index (χ4v) is 3.01. The molecule has 0 radical (unpaired) electrons. The second kappa shape index (κ2) is 6.78. The standard InChI is InChI=1S/C18H20N4O2/c1-13-11-22(18(24)16-5-9-20-10-6-16)14(2)12-21(13)17(23)15-3-7-19-8-4-15/h3-10,13-14H,11-12H2,1-2H3/t13-,14-/m0/s1. The smallest absolute Gasteiger partial charge is 0.254 e. The molecule has 1 fully saturated rings. The van der Waals surface area contributed by atoms with Gasteiger partial charge in [0.2, 0.25) is 0 Å². The third-order valence-corrected chi connectivity index (χ3v) is 4.36. The second-order valence-corrected chi connectivity index (χ2v) is 6.08. The zero-order chi connectivity index (χ0) is 17.1. The summed E-state index contributed by atoms with van der Waals surface area (Å²) >= 11 is 0. The van der Waals surface area contributed by atoms with Crippen molar-refractivity contribution in [2.75, 3.05) is 13.1 Å². The summed E-state index contributed by atoms with van der Waals surface area (Å²) in [5.41, 5.74) is 1.25. The molecule has 6 heteroatoms. The molecule has 124 valence electrons. The number of carbonyl (C=O) groups is 2. The summed E-state index contributed by atoms with van der Waals surface area (Å²) in [6.45, 7) is 4.97. The quantitative estimate of drug-likeness (QED) is 0.845. The van der Waals surface area contributed by atoms with E-state index in [0.717, 1.165) is 0 Å². The molecule has 2 aromatic heterocycles. The van der Waals surface area contributed by atoms with Gasteiger partial charge in [-0.1, -0.05) is 0 Å². The first-order valence-corrected chi connectivity index (χ1v) is 8.00. The van der Waals surface area contributed by atoms with E-state index < -0.39 is 0 Å². The Morgan fingerprint density at radius 2 is 1.12 bits per heavy atom. The fourth-order valence-electron chi connectivity index (χ4n) is 3.01. The number of aromatic nitrogens is 2. The lowest BCUT2D eigenvalue weighted by atomic mass is 10.1. The summed E-state index contributed by atoms with van der Waals surface area (Å²) < 4.78 is 0. The van der Waals surface area contributed by atoms with E-state index in [1.807, 2.05) is 23.6 Å². The van der Waals surface area contributed by atoms with E-state index in [4.69, 9.17) is 0 Å². The van der Waals surface area contributed by atoms with Gasteiger partial charge in [-0.2, -0.15) is 0 Å². The van der Waals surface area contributed by atoms with Gasteiger partial charge in [-0.25, -0.2) is 0 Å². The fraction of sp³-hybridized carbons (Fsp3) is 0.333. The third kappa shape index (κ3) is 3.13. The molecule has 6 nitrogen and oxygen atoms in total. The van der Waals surface area contributed by atoms with Gasteiger partial charge in [0.15, 0.2) is 0 Å². The van der Waals surface area contributed by atoms with Gasteiger partial charge in [-0.15, -0.1) is 0 Å². The van der Waals surface area contributed by atoms with Crippen molar-refractivity contribution in [1.29, 1.82) is 0 Å². The van der Waals surface area contributed by atoms with Gasteiger partial charge in [0.05, 0.1) is 0 Å². The maximum atomic E-state index is 12.7. The molecule has 0 N–H and O–H groups in total.